The second-order valence-corrected chi connectivity index (χ2v) is 4.05. The lowest BCUT2D eigenvalue weighted by Gasteiger charge is -2.08. The second kappa shape index (κ2) is 4.49. The van der Waals surface area contributed by atoms with E-state index in [0.29, 0.717) is 0 Å². The van der Waals surface area contributed by atoms with E-state index in [1.165, 1.54) is 10.9 Å². The summed E-state index contributed by atoms with van der Waals surface area (Å²) in [5.74, 6) is 0. The van der Waals surface area contributed by atoms with Gasteiger partial charge in [-0.15, -0.1) is 0 Å². The van der Waals surface area contributed by atoms with Crippen molar-refractivity contribution >= 4 is 10.9 Å². The summed E-state index contributed by atoms with van der Waals surface area (Å²) in [5.41, 5.74) is 2.35. The standard InChI is InChI=1S/C13H17NO/c1-2-3-12(15)8-10-4-5-11-6-7-14-13(11)9-10/h4-7,9,12,14-15H,2-3,8H2,1H3. The van der Waals surface area contributed by atoms with Crippen LogP contribution in [0.2, 0.25) is 0 Å². The molecular formula is C13H17NO. The average molecular weight is 203 g/mol. The highest BCUT2D eigenvalue weighted by Crippen LogP contribution is 2.16. The van der Waals surface area contributed by atoms with Crippen molar-refractivity contribution < 1.29 is 5.11 Å². The predicted molar refractivity (Wildman–Crippen MR) is 62.9 cm³/mol. The van der Waals surface area contributed by atoms with E-state index in [-0.39, 0.29) is 6.10 Å². The van der Waals surface area contributed by atoms with Gasteiger partial charge in [0.1, 0.15) is 0 Å². The zero-order valence-corrected chi connectivity index (χ0v) is 9.03. The van der Waals surface area contributed by atoms with Crippen molar-refractivity contribution in [1.82, 2.24) is 4.98 Å². The maximum Gasteiger partial charge on any atom is 0.0580 e. The lowest BCUT2D eigenvalue weighted by atomic mass is 10.0. The summed E-state index contributed by atoms with van der Waals surface area (Å²) in [6.45, 7) is 2.09. The van der Waals surface area contributed by atoms with E-state index in [2.05, 4.69) is 36.2 Å². The summed E-state index contributed by atoms with van der Waals surface area (Å²) in [7, 11) is 0. The molecule has 0 amide bonds. The molecule has 1 atom stereocenters. The Kier molecular flexibility index (Phi) is 3.07. The predicted octanol–water partition coefficient (Wildman–Crippen LogP) is 2.87. The Balaban J connectivity index is 2.14. The van der Waals surface area contributed by atoms with E-state index in [9.17, 15) is 5.11 Å². The molecule has 0 fully saturated rings. The molecule has 2 heteroatoms. The number of rotatable bonds is 4. The quantitative estimate of drug-likeness (QED) is 0.787. The van der Waals surface area contributed by atoms with Crippen LogP contribution in [-0.2, 0) is 6.42 Å². The van der Waals surface area contributed by atoms with Gasteiger partial charge in [0.15, 0.2) is 0 Å². The molecule has 0 saturated heterocycles. The van der Waals surface area contributed by atoms with Crippen LogP contribution in [0.3, 0.4) is 0 Å². The molecule has 2 nitrogen and oxygen atoms in total. The van der Waals surface area contributed by atoms with Gasteiger partial charge in [0, 0.05) is 11.7 Å². The van der Waals surface area contributed by atoms with Gasteiger partial charge in [0.2, 0.25) is 0 Å². The van der Waals surface area contributed by atoms with Crippen LogP contribution in [0.25, 0.3) is 10.9 Å². The molecule has 1 aromatic heterocycles. The molecule has 1 unspecified atom stereocenters. The fourth-order valence-corrected chi connectivity index (χ4v) is 1.93. The minimum absolute atomic E-state index is 0.206. The van der Waals surface area contributed by atoms with Gasteiger partial charge >= 0.3 is 0 Å². The Morgan fingerprint density at radius 3 is 3.00 bits per heavy atom. The van der Waals surface area contributed by atoms with E-state index in [0.717, 1.165) is 24.8 Å². The Hall–Kier alpha value is -1.28. The van der Waals surface area contributed by atoms with Crippen LogP contribution in [0, 0.1) is 0 Å². The van der Waals surface area contributed by atoms with Crippen molar-refractivity contribution in [3.63, 3.8) is 0 Å². The highest BCUT2D eigenvalue weighted by Gasteiger charge is 2.05. The van der Waals surface area contributed by atoms with Crippen LogP contribution < -0.4 is 0 Å². The number of H-pyrrole nitrogens is 1. The topological polar surface area (TPSA) is 36.0 Å². The number of hydrogen-bond acceptors (Lipinski definition) is 1. The van der Waals surface area contributed by atoms with Crippen LogP contribution in [0.4, 0.5) is 0 Å². The van der Waals surface area contributed by atoms with Gasteiger partial charge < -0.3 is 10.1 Å². The van der Waals surface area contributed by atoms with Crippen molar-refractivity contribution in [3.8, 4) is 0 Å². The highest BCUT2D eigenvalue weighted by molar-refractivity contribution is 5.79. The van der Waals surface area contributed by atoms with Crippen LogP contribution in [0.5, 0.6) is 0 Å². The van der Waals surface area contributed by atoms with Gasteiger partial charge in [0.05, 0.1) is 6.10 Å². The van der Waals surface area contributed by atoms with Gasteiger partial charge in [-0.25, -0.2) is 0 Å². The normalized spacial score (nSPS) is 13.2. The molecule has 80 valence electrons. The Labute approximate surface area is 89.9 Å². The number of nitrogens with one attached hydrogen (secondary N) is 1. The second-order valence-electron chi connectivity index (χ2n) is 4.05. The number of aliphatic hydroxyl groups is 1. The first kappa shape index (κ1) is 10.2. The molecule has 2 N–H and O–H groups in total. The summed E-state index contributed by atoms with van der Waals surface area (Å²) in [5, 5.41) is 10.9. The van der Waals surface area contributed by atoms with Crippen molar-refractivity contribution in [1.29, 1.82) is 0 Å². The van der Waals surface area contributed by atoms with Crippen LogP contribution in [0.15, 0.2) is 30.5 Å². The SMILES string of the molecule is CCCC(O)Cc1ccc2cc[nH]c2c1. The fourth-order valence-electron chi connectivity index (χ4n) is 1.93. The lowest BCUT2D eigenvalue weighted by Crippen LogP contribution is -2.09. The van der Waals surface area contributed by atoms with Gasteiger partial charge in [0.25, 0.3) is 0 Å². The molecule has 0 aliphatic heterocycles. The molecule has 15 heavy (non-hydrogen) atoms. The molecule has 0 aliphatic carbocycles. The average Bonchev–Trinajstić information content (AvgIpc) is 2.65. The van der Waals surface area contributed by atoms with E-state index < -0.39 is 0 Å². The Morgan fingerprint density at radius 1 is 1.33 bits per heavy atom. The number of fused-ring (bicyclic) bond motifs is 1. The van der Waals surface area contributed by atoms with Gasteiger partial charge in [-0.05, 0) is 35.9 Å². The van der Waals surface area contributed by atoms with Crippen LogP contribution >= 0.6 is 0 Å². The number of aromatic amines is 1. The molecular weight excluding hydrogens is 186 g/mol. The zero-order valence-electron chi connectivity index (χ0n) is 9.03. The smallest absolute Gasteiger partial charge is 0.0580 e. The summed E-state index contributed by atoms with van der Waals surface area (Å²) in [4.78, 5) is 3.18. The summed E-state index contributed by atoms with van der Waals surface area (Å²) < 4.78 is 0. The highest BCUT2D eigenvalue weighted by atomic mass is 16.3. The summed E-state index contributed by atoms with van der Waals surface area (Å²) in [6, 6.07) is 8.37. The lowest BCUT2D eigenvalue weighted by molar-refractivity contribution is 0.164. The molecule has 0 bridgehead atoms. The van der Waals surface area contributed by atoms with Gasteiger partial charge in [-0.2, -0.15) is 0 Å². The van der Waals surface area contributed by atoms with E-state index in [1.54, 1.807) is 0 Å². The van der Waals surface area contributed by atoms with Crippen LogP contribution in [0.1, 0.15) is 25.3 Å². The first-order valence-corrected chi connectivity index (χ1v) is 5.53. The molecule has 2 rings (SSSR count). The molecule has 2 aromatic rings. The molecule has 0 radical (unpaired) electrons. The van der Waals surface area contributed by atoms with Crippen molar-refractivity contribution in [3.05, 3.63) is 36.0 Å². The monoisotopic (exact) mass is 203 g/mol. The molecule has 0 aliphatic rings. The van der Waals surface area contributed by atoms with Crippen molar-refractivity contribution in [2.45, 2.75) is 32.3 Å². The Bertz CT molecular complexity index is 433. The third-order valence-corrected chi connectivity index (χ3v) is 2.71. The minimum atomic E-state index is -0.206. The van der Waals surface area contributed by atoms with Gasteiger partial charge in [-0.3, -0.25) is 0 Å². The maximum absolute atomic E-state index is 9.72. The molecule has 0 spiro atoms. The number of aliphatic hydroxyl groups excluding tert-OH is 1. The van der Waals surface area contributed by atoms with E-state index >= 15 is 0 Å². The molecule has 1 aromatic carbocycles. The van der Waals surface area contributed by atoms with Gasteiger partial charge in [-0.1, -0.05) is 25.5 Å². The molecule has 0 saturated carbocycles. The third kappa shape index (κ3) is 2.39. The fraction of sp³-hybridized carbons (Fsp3) is 0.385. The molecule has 1 heterocycles. The number of hydrogen-bond donors (Lipinski definition) is 2. The first-order chi connectivity index (χ1) is 7.29. The Morgan fingerprint density at radius 2 is 2.20 bits per heavy atom. The maximum atomic E-state index is 9.72. The van der Waals surface area contributed by atoms with Crippen LogP contribution in [-0.4, -0.2) is 16.2 Å². The summed E-state index contributed by atoms with van der Waals surface area (Å²) >= 11 is 0. The van der Waals surface area contributed by atoms with Crippen molar-refractivity contribution in [2.24, 2.45) is 0 Å². The minimum Gasteiger partial charge on any atom is -0.393 e. The zero-order chi connectivity index (χ0) is 10.7. The van der Waals surface area contributed by atoms with Crippen molar-refractivity contribution in [2.75, 3.05) is 0 Å². The van der Waals surface area contributed by atoms with E-state index in [1.807, 2.05) is 6.20 Å². The third-order valence-electron chi connectivity index (χ3n) is 2.71. The van der Waals surface area contributed by atoms with E-state index in [4.69, 9.17) is 0 Å². The first-order valence-electron chi connectivity index (χ1n) is 5.53. The largest absolute Gasteiger partial charge is 0.393 e. The summed E-state index contributed by atoms with van der Waals surface area (Å²) in [6.07, 6.45) is 4.40. The number of benzene rings is 1. The number of aromatic nitrogens is 1.